The zero-order chi connectivity index (χ0) is 8.59. The summed E-state index contributed by atoms with van der Waals surface area (Å²) in [5.41, 5.74) is 3.68. The van der Waals surface area contributed by atoms with Crippen molar-refractivity contribution >= 4 is 11.8 Å². The van der Waals surface area contributed by atoms with Crippen molar-refractivity contribution in [2.45, 2.75) is 29.6 Å². The van der Waals surface area contributed by atoms with Gasteiger partial charge >= 0.3 is 0 Å². The molecule has 0 unspecified atom stereocenters. The number of aliphatic hydroxyl groups excluding tert-OH is 3. The molecule has 0 aromatic heterocycles. The minimum absolute atomic E-state index is 0.153. The van der Waals surface area contributed by atoms with Crippen molar-refractivity contribution < 1.29 is 21.1 Å². The summed E-state index contributed by atoms with van der Waals surface area (Å²) < 4.78 is 0. The fourth-order valence-electron chi connectivity index (χ4n) is 1.41. The zero-order valence-electron chi connectivity index (χ0n) is 6.34. The van der Waals surface area contributed by atoms with Crippen molar-refractivity contribution in [3.8, 4) is 0 Å². The Balaban J connectivity index is 2.69. The van der Waals surface area contributed by atoms with Crippen molar-refractivity contribution in [3.63, 3.8) is 0 Å². The van der Waals surface area contributed by atoms with E-state index in [0.717, 1.165) is 0 Å². The maximum absolute atomic E-state index is 9.33. The van der Waals surface area contributed by atoms with E-state index in [1.807, 2.05) is 6.26 Å². The monoisotopic (exact) mass is 180 g/mol. The van der Waals surface area contributed by atoms with Gasteiger partial charge in [0, 0.05) is 0 Å². The van der Waals surface area contributed by atoms with Gasteiger partial charge in [-0.25, -0.2) is 0 Å². The third-order valence-electron chi connectivity index (χ3n) is 2.17. The highest BCUT2D eigenvalue weighted by molar-refractivity contribution is 7.99. The molecule has 0 bridgehead atoms. The second-order valence-corrected chi connectivity index (χ2v) is 3.85. The Morgan fingerprint density at radius 2 is 1.64 bits per heavy atom. The van der Waals surface area contributed by atoms with Crippen LogP contribution in [0.3, 0.4) is 0 Å². The molecule has 0 spiro atoms. The third kappa shape index (κ3) is 1.39. The average molecular weight is 180 g/mol. The molecule has 0 saturated heterocycles. The second kappa shape index (κ2) is 3.28. The van der Waals surface area contributed by atoms with Gasteiger partial charge in [-0.15, -0.1) is 0 Å². The lowest BCUT2D eigenvalue weighted by Gasteiger charge is -2.12. The minimum atomic E-state index is -1.03. The molecule has 1 aliphatic rings. The lowest BCUT2D eigenvalue weighted by molar-refractivity contribution is -0.432. The topological polar surface area (TPSA) is 88.3 Å². The van der Waals surface area contributed by atoms with Crippen molar-refractivity contribution in [1.82, 2.24) is 0 Å². The van der Waals surface area contributed by atoms with Gasteiger partial charge in [0.25, 0.3) is 0 Å². The Labute approximate surface area is 69.4 Å². The van der Waals surface area contributed by atoms with Crippen LogP contribution in [-0.4, -0.2) is 51.2 Å². The quantitative estimate of drug-likeness (QED) is 0.357. The molecule has 11 heavy (non-hydrogen) atoms. The van der Waals surface area contributed by atoms with Crippen LogP contribution < -0.4 is 5.73 Å². The van der Waals surface area contributed by atoms with E-state index in [9.17, 15) is 15.3 Å². The molecule has 0 radical (unpaired) electrons. The molecule has 0 amide bonds. The van der Waals surface area contributed by atoms with Crippen molar-refractivity contribution in [2.24, 2.45) is 0 Å². The van der Waals surface area contributed by atoms with E-state index in [2.05, 4.69) is 5.73 Å². The fraction of sp³-hybridized carbons (Fsp3) is 1.00. The number of aliphatic hydroxyl groups is 3. The van der Waals surface area contributed by atoms with Gasteiger partial charge in [-0.2, -0.15) is 11.8 Å². The van der Waals surface area contributed by atoms with Crippen molar-refractivity contribution in [2.75, 3.05) is 6.26 Å². The Bertz CT molecular complexity index is 132. The summed E-state index contributed by atoms with van der Waals surface area (Å²) in [6.07, 6.45) is -0.934. The Hall–Kier alpha value is 0.190. The predicted molar refractivity (Wildman–Crippen MR) is 42.0 cm³/mol. The first-order chi connectivity index (χ1) is 5.09. The van der Waals surface area contributed by atoms with Gasteiger partial charge in [-0.05, 0) is 6.26 Å². The SMILES string of the molecule is CS[C@@H]1[C@@H]([NH3+])[C@@H](O)[C@@H](O)[C@H]1O. The molecular formula is C6H14NO3S+. The van der Waals surface area contributed by atoms with E-state index in [1.54, 1.807) is 0 Å². The first-order valence-corrected chi connectivity index (χ1v) is 4.78. The standard InChI is InChI=1S/C6H13NO3S/c1-11-6-2(7)3(8)4(9)5(6)10/h2-6,8-10H,7H2,1H3/p+1/t2-,3+,4+,5+,6+/m0/s1. The second-order valence-electron chi connectivity index (χ2n) is 2.84. The molecule has 1 aliphatic carbocycles. The van der Waals surface area contributed by atoms with Gasteiger partial charge in [0.15, 0.2) is 0 Å². The molecule has 4 nitrogen and oxygen atoms in total. The molecule has 0 aromatic rings. The van der Waals surface area contributed by atoms with Crippen LogP contribution in [0.15, 0.2) is 0 Å². The smallest absolute Gasteiger partial charge is 0.135 e. The molecule has 1 rings (SSSR count). The van der Waals surface area contributed by atoms with E-state index >= 15 is 0 Å². The summed E-state index contributed by atoms with van der Waals surface area (Å²) in [6, 6.07) is -0.282. The zero-order valence-corrected chi connectivity index (χ0v) is 7.16. The van der Waals surface area contributed by atoms with Crippen LogP contribution in [0.5, 0.6) is 0 Å². The maximum Gasteiger partial charge on any atom is 0.135 e. The predicted octanol–water partition coefficient (Wildman–Crippen LogP) is -2.58. The molecular weight excluding hydrogens is 166 g/mol. The molecule has 5 atom stereocenters. The van der Waals surface area contributed by atoms with Crippen LogP contribution >= 0.6 is 11.8 Å². The first-order valence-electron chi connectivity index (χ1n) is 3.49. The molecule has 6 N–H and O–H groups in total. The lowest BCUT2D eigenvalue weighted by Crippen LogP contribution is -2.69. The van der Waals surface area contributed by atoms with Gasteiger partial charge in [-0.1, -0.05) is 0 Å². The molecule has 0 aromatic carbocycles. The first kappa shape index (κ1) is 9.28. The van der Waals surface area contributed by atoms with E-state index in [4.69, 9.17) is 0 Å². The molecule has 1 saturated carbocycles. The summed E-state index contributed by atoms with van der Waals surface area (Å²) in [5, 5.41) is 27.6. The average Bonchev–Trinajstić information content (AvgIpc) is 2.17. The van der Waals surface area contributed by atoms with Gasteiger partial charge < -0.3 is 21.1 Å². The fourth-order valence-corrected chi connectivity index (χ4v) is 2.36. The number of thioether (sulfide) groups is 1. The highest BCUT2D eigenvalue weighted by atomic mass is 32.2. The van der Waals surface area contributed by atoms with E-state index in [-0.39, 0.29) is 11.3 Å². The minimum Gasteiger partial charge on any atom is -0.389 e. The summed E-state index contributed by atoms with van der Waals surface area (Å²) in [4.78, 5) is 0. The van der Waals surface area contributed by atoms with Crippen molar-refractivity contribution in [1.29, 1.82) is 0 Å². The number of hydrogen-bond acceptors (Lipinski definition) is 4. The van der Waals surface area contributed by atoms with Gasteiger partial charge in [0.05, 0.1) is 5.25 Å². The molecule has 5 heteroatoms. The van der Waals surface area contributed by atoms with Gasteiger partial charge in [0.2, 0.25) is 0 Å². The number of quaternary nitrogens is 1. The van der Waals surface area contributed by atoms with E-state index in [1.165, 1.54) is 11.8 Å². The molecule has 66 valence electrons. The molecule has 0 heterocycles. The largest absolute Gasteiger partial charge is 0.389 e. The summed E-state index contributed by atoms with van der Waals surface area (Å²) in [7, 11) is 0. The maximum atomic E-state index is 9.33. The van der Waals surface area contributed by atoms with Gasteiger partial charge in [-0.3, -0.25) is 0 Å². The van der Waals surface area contributed by atoms with Crippen LogP contribution in [0.4, 0.5) is 0 Å². The summed E-state index contributed by atoms with van der Waals surface area (Å²) in [6.45, 7) is 0. The molecule has 1 fully saturated rings. The Morgan fingerprint density at radius 1 is 1.09 bits per heavy atom. The molecule has 0 aliphatic heterocycles. The highest BCUT2D eigenvalue weighted by Crippen LogP contribution is 2.27. The highest BCUT2D eigenvalue weighted by Gasteiger charge is 2.49. The number of hydrogen-bond donors (Lipinski definition) is 4. The Kier molecular flexibility index (Phi) is 2.77. The number of rotatable bonds is 1. The van der Waals surface area contributed by atoms with Crippen LogP contribution in [0.2, 0.25) is 0 Å². The third-order valence-corrected chi connectivity index (χ3v) is 3.34. The normalized spacial score (nSPS) is 51.5. The van der Waals surface area contributed by atoms with Crippen LogP contribution in [-0.2, 0) is 0 Å². The van der Waals surface area contributed by atoms with E-state index in [0.29, 0.717) is 0 Å². The lowest BCUT2D eigenvalue weighted by atomic mass is 10.2. The van der Waals surface area contributed by atoms with Crippen molar-refractivity contribution in [3.05, 3.63) is 0 Å². The van der Waals surface area contributed by atoms with Crippen LogP contribution in [0.25, 0.3) is 0 Å². The van der Waals surface area contributed by atoms with Gasteiger partial charge in [0.1, 0.15) is 24.4 Å². The summed E-state index contributed by atoms with van der Waals surface area (Å²) in [5.74, 6) is 0. The Morgan fingerprint density at radius 3 is 1.82 bits per heavy atom. The van der Waals surface area contributed by atoms with E-state index < -0.39 is 18.3 Å². The van der Waals surface area contributed by atoms with Crippen LogP contribution in [0.1, 0.15) is 0 Å². The summed E-state index contributed by atoms with van der Waals surface area (Å²) >= 11 is 1.42. The van der Waals surface area contributed by atoms with Crippen LogP contribution in [0, 0.1) is 0 Å².